The number of hydrogen-bond donors (Lipinski definition) is 1. The third-order valence-electron chi connectivity index (χ3n) is 5.36. The number of hydrogen-bond acceptors (Lipinski definition) is 5. The molecule has 1 amide bonds. The van der Waals surface area contributed by atoms with Crippen molar-refractivity contribution >= 4 is 27.3 Å². The largest absolute Gasteiger partial charge is 0.379 e. The summed E-state index contributed by atoms with van der Waals surface area (Å²) in [6, 6.07) is 10.2. The van der Waals surface area contributed by atoms with E-state index in [1.807, 2.05) is 17.5 Å². The Kier molecular flexibility index (Phi) is 7.45. The van der Waals surface area contributed by atoms with Gasteiger partial charge in [0.2, 0.25) is 10.0 Å². The molecule has 0 spiro atoms. The van der Waals surface area contributed by atoms with Crippen LogP contribution in [0.3, 0.4) is 0 Å². The maximum absolute atomic E-state index is 13.0. The van der Waals surface area contributed by atoms with Crippen LogP contribution in [0, 0.1) is 5.92 Å². The van der Waals surface area contributed by atoms with Gasteiger partial charge >= 0.3 is 0 Å². The van der Waals surface area contributed by atoms with Crippen molar-refractivity contribution in [3.8, 4) is 0 Å². The number of thiophene rings is 1. The van der Waals surface area contributed by atoms with Gasteiger partial charge < -0.3 is 10.1 Å². The van der Waals surface area contributed by atoms with Crippen molar-refractivity contribution in [2.24, 2.45) is 5.92 Å². The molecule has 0 bridgehead atoms. The Hall–Kier alpha value is -1.74. The third-order valence-corrected chi connectivity index (χ3v) is 8.21. The Morgan fingerprint density at radius 1 is 1.17 bits per heavy atom. The molecule has 2 heterocycles. The third kappa shape index (κ3) is 5.06. The van der Waals surface area contributed by atoms with E-state index in [-0.39, 0.29) is 16.8 Å². The molecule has 0 saturated carbocycles. The highest BCUT2D eigenvalue weighted by Crippen LogP contribution is 2.31. The molecule has 1 N–H and O–H groups in total. The molecular weight excluding hydrogens is 408 g/mol. The molecule has 8 heteroatoms. The fraction of sp³-hybridized carbons (Fsp3) is 0.476. The smallest absolute Gasteiger partial charge is 0.251 e. The van der Waals surface area contributed by atoms with E-state index in [9.17, 15) is 13.2 Å². The van der Waals surface area contributed by atoms with E-state index in [1.165, 1.54) is 10.4 Å². The molecule has 158 valence electrons. The zero-order chi connectivity index (χ0) is 20.9. The summed E-state index contributed by atoms with van der Waals surface area (Å²) in [6.45, 7) is 5.67. The second-order valence-electron chi connectivity index (χ2n) is 7.09. The predicted octanol–water partition coefficient (Wildman–Crippen LogP) is 3.68. The van der Waals surface area contributed by atoms with Crippen LogP contribution < -0.4 is 5.32 Å². The second-order valence-corrected chi connectivity index (χ2v) is 10.0. The van der Waals surface area contributed by atoms with Gasteiger partial charge in [-0.15, -0.1) is 11.3 Å². The lowest BCUT2D eigenvalue weighted by Gasteiger charge is -2.27. The molecule has 0 aliphatic carbocycles. The number of nitrogens with one attached hydrogen (secondary N) is 1. The summed E-state index contributed by atoms with van der Waals surface area (Å²) in [6.07, 6.45) is 1.90. The van der Waals surface area contributed by atoms with Crippen molar-refractivity contribution in [1.29, 1.82) is 0 Å². The van der Waals surface area contributed by atoms with Crippen LogP contribution in [0.15, 0.2) is 46.7 Å². The van der Waals surface area contributed by atoms with E-state index in [0.717, 1.165) is 17.7 Å². The minimum Gasteiger partial charge on any atom is -0.379 e. The van der Waals surface area contributed by atoms with Gasteiger partial charge in [-0.05, 0) is 35.6 Å². The quantitative estimate of drug-likeness (QED) is 0.685. The molecule has 6 nitrogen and oxygen atoms in total. The normalized spacial score (nSPS) is 16.7. The van der Waals surface area contributed by atoms with Crippen LogP contribution in [0.25, 0.3) is 0 Å². The van der Waals surface area contributed by atoms with E-state index in [2.05, 4.69) is 19.2 Å². The van der Waals surface area contributed by atoms with E-state index in [4.69, 9.17) is 4.74 Å². The van der Waals surface area contributed by atoms with Crippen molar-refractivity contribution in [3.05, 3.63) is 52.2 Å². The molecule has 0 radical (unpaired) electrons. The van der Waals surface area contributed by atoms with Gasteiger partial charge in [0.1, 0.15) is 0 Å². The summed E-state index contributed by atoms with van der Waals surface area (Å²) in [5.41, 5.74) is 0.354. The lowest BCUT2D eigenvalue weighted by Crippen LogP contribution is -2.40. The monoisotopic (exact) mass is 436 g/mol. The topological polar surface area (TPSA) is 75.7 Å². The number of sulfonamides is 1. The van der Waals surface area contributed by atoms with Crippen molar-refractivity contribution in [1.82, 2.24) is 9.62 Å². The van der Waals surface area contributed by atoms with Crippen molar-refractivity contribution < 1.29 is 17.9 Å². The van der Waals surface area contributed by atoms with Crippen LogP contribution in [0.2, 0.25) is 0 Å². The van der Waals surface area contributed by atoms with Gasteiger partial charge in [-0.2, -0.15) is 4.31 Å². The number of benzene rings is 1. The number of nitrogens with zero attached hydrogens (tertiary/aromatic N) is 1. The first-order valence-electron chi connectivity index (χ1n) is 9.99. The maximum Gasteiger partial charge on any atom is 0.251 e. The molecule has 3 rings (SSSR count). The Bertz CT molecular complexity index is 903. The summed E-state index contributed by atoms with van der Waals surface area (Å²) in [5.74, 6) is 0.0622. The fourth-order valence-corrected chi connectivity index (χ4v) is 5.93. The van der Waals surface area contributed by atoms with Gasteiger partial charge in [0.05, 0.1) is 24.2 Å². The van der Waals surface area contributed by atoms with Crippen molar-refractivity contribution in [2.75, 3.05) is 26.3 Å². The second kappa shape index (κ2) is 9.84. The highest BCUT2D eigenvalue weighted by molar-refractivity contribution is 7.89. The Balaban J connectivity index is 1.83. The maximum atomic E-state index is 13.0. The standard InChI is InChI=1S/C21H28N2O4S2/c1-3-16(4-2)20(19-9-6-14-28-19)22-21(24)17-7-5-8-18(15-17)29(25,26)23-10-12-27-13-11-23/h5-9,14-16,20H,3-4,10-13H2,1-2H3,(H,22,24). The number of rotatable bonds is 8. The highest BCUT2D eigenvalue weighted by Gasteiger charge is 2.28. The fourth-order valence-electron chi connectivity index (χ4n) is 3.61. The average molecular weight is 437 g/mol. The zero-order valence-electron chi connectivity index (χ0n) is 16.8. The van der Waals surface area contributed by atoms with Crippen LogP contribution in [0.1, 0.15) is 48.0 Å². The summed E-state index contributed by atoms with van der Waals surface area (Å²) >= 11 is 1.62. The van der Waals surface area contributed by atoms with E-state index in [1.54, 1.807) is 29.5 Å². The lowest BCUT2D eigenvalue weighted by molar-refractivity contribution is 0.0730. The number of amides is 1. The van der Waals surface area contributed by atoms with Crippen molar-refractivity contribution in [2.45, 2.75) is 37.6 Å². The molecule has 1 saturated heterocycles. The first-order chi connectivity index (χ1) is 14.0. The molecule has 1 aromatic carbocycles. The zero-order valence-corrected chi connectivity index (χ0v) is 18.5. The molecule has 1 aliphatic heterocycles. The summed E-state index contributed by atoms with van der Waals surface area (Å²) in [5, 5.41) is 5.15. The molecule has 1 aliphatic rings. The summed E-state index contributed by atoms with van der Waals surface area (Å²) in [4.78, 5) is 14.3. The number of ether oxygens (including phenoxy) is 1. The Morgan fingerprint density at radius 3 is 2.52 bits per heavy atom. The van der Waals surface area contributed by atoms with Crippen LogP contribution in [0.5, 0.6) is 0 Å². The molecule has 29 heavy (non-hydrogen) atoms. The van der Waals surface area contributed by atoms with Crippen molar-refractivity contribution in [3.63, 3.8) is 0 Å². The van der Waals surface area contributed by atoms with Gasteiger partial charge in [-0.3, -0.25) is 4.79 Å². The molecule has 2 aromatic rings. The van der Waals surface area contributed by atoms with Gasteiger partial charge in [0.15, 0.2) is 0 Å². The highest BCUT2D eigenvalue weighted by atomic mass is 32.2. The lowest BCUT2D eigenvalue weighted by atomic mass is 9.92. The molecule has 1 atom stereocenters. The van der Waals surface area contributed by atoms with Gasteiger partial charge in [-0.25, -0.2) is 8.42 Å². The number of carbonyl (C=O) groups excluding carboxylic acids is 1. The van der Waals surface area contributed by atoms with Gasteiger partial charge in [-0.1, -0.05) is 38.8 Å². The van der Waals surface area contributed by atoms with E-state index < -0.39 is 10.0 Å². The minimum absolute atomic E-state index is 0.0861. The Labute approximate surface area is 176 Å². The predicted molar refractivity (Wildman–Crippen MR) is 115 cm³/mol. The van der Waals surface area contributed by atoms with Crippen LogP contribution in [-0.4, -0.2) is 44.9 Å². The minimum atomic E-state index is -3.64. The average Bonchev–Trinajstić information content (AvgIpc) is 3.29. The van der Waals surface area contributed by atoms with Gasteiger partial charge in [0.25, 0.3) is 5.91 Å². The summed E-state index contributed by atoms with van der Waals surface area (Å²) in [7, 11) is -3.64. The van der Waals surface area contributed by atoms with Gasteiger partial charge in [0, 0.05) is 23.5 Å². The first-order valence-corrected chi connectivity index (χ1v) is 12.3. The van der Waals surface area contributed by atoms with E-state index in [0.29, 0.717) is 37.8 Å². The number of morpholine rings is 1. The van der Waals surface area contributed by atoms with Crippen LogP contribution in [-0.2, 0) is 14.8 Å². The molecular formula is C21H28N2O4S2. The first kappa shape index (κ1) is 22.0. The molecule has 1 unspecified atom stereocenters. The number of carbonyl (C=O) groups is 1. The molecule has 1 fully saturated rings. The molecule has 1 aromatic heterocycles. The van der Waals surface area contributed by atoms with Crippen LogP contribution >= 0.6 is 11.3 Å². The van der Waals surface area contributed by atoms with E-state index >= 15 is 0 Å². The SMILES string of the molecule is CCC(CC)C(NC(=O)c1cccc(S(=O)(=O)N2CCOCC2)c1)c1cccs1. The van der Waals surface area contributed by atoms with Crippen LogP contribution in [0.4, 0.5) is 0 Å². The summed E-state index contributed by atoms with van der Waals surface area (Å²) < 4.78 is 32.5. The Morgan fingerprint density at radius 2 is 1.90 bits per heavy atom.